The van der Waals surface area contributed by atoms with Gasteiger partial charge in [0.25, 0.3) is 0 Å². The average Bonchev–Trinajstić information content (AvgIpc) is 2.94. The highest BCUT2D eigenvalue weighted by Gasteiger charge is 2.16. The van der Waals surface area contributed by atoms with Crippen LogP contribution in [0.5, 0.6) is 0 Å². The molecule has 3 N–H and O–H groups in total. The molecule has 0 aromatic carbocycles. The van der Waals surface area contributed by atoms with Gasteiger partial charge >= 0.3 is 0 Å². The maximum absolute atomic E-state index is 5.63. The Morgan fingerprint density at radius 3 is 3.00 bits per heavy atom. The second kappa shape index (κ2) is 5.39. The minimum absolute atomic E-state index is 0.0546. The van der Waals surface area contributed by atoms with Gasteiger partial charge in [-0.15, -0.1) is 11.3 Å². The Hall–Kier alpha value is -1.24. The fraction of sp³-hybridized carbons (Fsp3) is 0.455. The van der Waals surface area contributed by atoms with Gasteiger partial charge < -0.3 is 0 Å². The van der Waals surface area contributed by atoms with Crippen molar-refractivity contribution in [2.45, 2.75) is 32.9 Å². The molecule has 17 heavy (non-hydrogen) atoms. The van der Waals surface area contributed by atoms with Crippen LogP contribution in [0, 0.1) is 6.92 Å². The second-order valence-electron chi connectivity index (χ2n) is 3.85. The van der Waals surface area contributed by atoms with Gasteiger partial charge in [0.2, 0.25) is 0 Å². The van der Waals surface area contributed by atoms with Crippen molar-refractivity contribution in [1.29, 1.82) is 0 Å². The molecule has 6 heteroatoms. The third kappa shape index (κ3) is 2.71. The van der Waals surface area contributed by atoms with Gasteiger partial charge in [0, 0.05) is 24.5 Å². The molecular formula is C11H17N5S. The summed E-state index contributed by atoms with van der Waals surface area (Å²) in [4.78, 5) is 4.46. The molecule has 0 saturated carbocycles. The molecule has 0 fully saturated rings. The molecule has 2 aromatic rings. The van der Waals surface area contributed by atoms with E-state index in [9.17, 15) is 0 Å². The van der Waals surface area contributed by atoms with Crippen molar-refractivity contribution in [2.75, 3.05) is 0 Å². The van der Waals surface area contributed by atoms with Crippen LogP contribution in [0.3, 0.4) is 0 Å². The van der Waals surface area contributed by atoms with Crippen LogP contribution >= 0.6 is 11.3 Å². The van der Waals surface area contributed by atoms with E-state index in [1.807, 2.05) is 17.7 Å². The molecule has 1 unspecified atom stereocenters. The Bertz CT molecular complexity index is 476. The van der Waals surface area contributed by atoms with Crippen LogP contribution in [0.1, 0.15) is 29.4 Å². The zero-order valence-corrected chi connectivity index (χ0v) is 10.9. The lowest BCUT2D eigenvalue weighted by Crippen LogP contribution is -2.31. The van der Waals surface area contributed by atoms with Crippen LogP contribution in [0.4, 0.5) is 0 Å². The summed E-state index contributed by atoms with van der Waals surface area (Å²) < 4.78 is 1.95. The van der Waals surface area contributed by atoms with E-state index in [0.29, 0.717) is 0 Å². The minimum Gasteiger partial charge on any atom is -0.271 e. The molecule has 0 aliphatic carbocycles. The number of nitrogens with one attached hydrogen (secondary N) is 1. The number of aryl methyl sites for hydroxylation is 2. The first-order chi connectivity index (χ1) is 8.24. The van der Waals surface area contributed by atoms with E-state index in [-0.39, 0.29) is 6.04 Å². The molecule has 5 nitrogen and oxygen atoms in total. The molecule has 92 valence electrons. The zero-order chi connectivity index (χ0) is 12.3. The van der Waals surface area contributed by atoms with Crippen molar-refractivity contribution in [3.63, 3.8) is 0 Å². The lowest BCUT2D eigenvalue weighted by molar-refractivity contribution is 0.487. The first-order valence-electron chi connectivity index (χ1n) is 5.63. The topological polar surface area (TPSA) is 68.8 Å². The minimum atomic E-state index is 0.0546. The van der Waals surface area contributed by atoms with Gasteiger partial charge in [-0.3, -0.25) is 16.0 Å². The molecule has 0 aliphatic rings. The normalized spacial score (nSPS) is 12.9. The van der Waals surface area contributed by atoms with E-state index in [1.165, 1.54) is 0 Å². The van der Waals surface area contributed by atoms with Crippen molar-refractivity contribution < 1.29 is 0 Å². The molecule has 2 rings (SSSR count). The fourth-order valence-corrected chi connectivity index (χ4v) is 2.49. The predicted molar refractivity (Wildman–Crippen MR) is 68.5 cm³/mol. The molecule has 0 radical (unpaired) electrons. The molecule has 2 heterocycles. The summed E-state index contributed by atoms with van der Waals surface area (Å²) >= 11 is 1.66. The lowest BCUT2D eigenvalue weighted by Gasteiger charge is -2.16. The number of rotatable bonds is 5. The van der Waals surface area contributed by atoms with Crippen LogP contribution in [-0.4, -0.2) is 14.8 Å². The van der Waals surface area contributed by atoms with E-state index in [0.717, 1.165) is 29.4 Å². The standard InChI is InChI=1S/C11H17N5S/c1-3-16-11(4-5-13-16)10(15-12)6-9-7-17-8(2)14-9/h4-5,7,10,15H,3,6,12H2,1-2H3. The Kier molecular flexibility index (Phi) is 3.88. The van der Waals surface area contributed by atoms with Crippen molar-refractivity contribution in [2.24, 2.45) is 5.84 Å². The van der Waals surface area contributed by atoms with Gasteiger partial charge in [-0.1, -0.05) is 0 Å². The molecule has 2 aromatic heterocycles. The zero-order valence-electron chi connectivity index (χ0n) is 10.1. The van der Waals surface area contributed by atoms with Crippen molar-refractivity contribution in [3.05, 3.63) is 34.0 Å². The number of nitrogens with zero attached hydrogens (tertiary/aromatic N) is 3. The third-order valence-corrected chi connectivity index (χ3v) is 3.51. The summed E-state index contributed by atoms with van der Waals surface area (Å²) in [5.74, 6) is 5.63. The van der Waals surface area contributed by atoms with Crippen LogP contribution in [0.15, 0.2) is 17.6 Å². The quantitative estimate of drug-likeness (QED) is 0.623. The third-order valence-electron chi connectivity index (χ3n) is 2.69. The van der Waals surface area contributed by atoms with E-state index < -0.39 is 0 Å². The van der Waals surface area contributed by atoms with Crippen molar-refractivity contribution in [1.82, 2.24) is 20.2 Å². The highest BCUT2D eigenvalue weighted by molar-refractivity contribution is 7.09. The van der Waals surface area contributed by atoms with Crippen LogP contribution in [0.25, 0.3) is 0 Å². The molecule has 0 saturated heterocycles. The van der Waals surface area contributed by atoms with Gasteiger partial charge in [0.15, 0.2) is 0 Å². The Morgan fingerprint density at radius 1 is 1.59 bits per heavy atom. The first-order valence-corrected chi connectivity index (χ1v) is 6.51. The van der Waals surface area contributed by atoms with E-state index in [2.05, 4.69) is 27.8 Å². The first kappa shape index (κ1) is 12.2. The van der Waals surface area contributed by atoms with Crippen LogP contribution in [0.2, 0.25) is 0 Å². The van der Waals surface area contributed by atoms with Crippen LogP contribution < -0.4 is 11.3 Å². The van der Waals surface area contributed by atoms with Gasteiger partial charge in [0.1, 0.15) is 0 Å². The number of hydrogen-bond acceptors (Lipinski definition) is 5. The maximum atomic E-state index is 5.63. The Morgan fingerprint density at radius 2 is 2.41 bits per heavy atom. The largest absolute Gasteiger partial charge is 0.271 e. The van der Waals surface area contributed by atoms with Gasteiger partial charge in [0.05, 0.1) is 22.4 Å². The number of thiazole rings is 1. The van der Waals surface area contributed by atoms with Crippen LogP contribution in [-0.2, 0) is 13.0 Å². The number of nitrogens with two attached hydrogens (primary N) is 1. The van der Waals surface area contributed by atoms with Gasteiger partial charge in [-0.05, 0) is 19.9 Å². The molecule has 0 bridgehead atoms. The molecule has 0 spiro atoms. The van der Waals surface area contributed by atoms with E-state index >= 15 is 0 Å². The number of aromatic nitrogens is 3. The summed E-state index contributed by atoms with van der Waals surface area (Å²) in [5.41, 5.74) is 5.01. The molecule has 0 aliphatic heterocycles. The lowest BCUT2D eigenvalue weighted by atomic mass is 10.1. The second-order valence-corrected chi connectivity index (χ2v) is 4.92. The van der Waals surface area contributed by atoms with Crippen molar-refractivity contribution >= 4 is 11.3 Å². The summed E-state index contributed by atoms with van der Waals surface area (Å²) in [7, 11) is 0. The summed E-state index contributed by atoms with van der Waals surface area (Å²) in [6.45, 7) is 4.92. The fourth-order valence-electron chi connectivity index (χ4n) is 1.86. The average molecular weight is 251 g/mol. The summed E-state index contributed by atoms with van der Waals surface area (Å²) in [6, 6.07) is 2.05. The monoisotopic (exact) mass is 251 g/mol. The van der Waals surface area contributed by atoms with Gasteiger partial charge in [-0.2, -0.15) is 5.10 Å². The smallest absolute Gasteiger partial charge is 0.0897 e. The summed E-state index contributed by atoms with van der Waals surface area (Å²) in [5, 5.41) is 7.41. The highest BCUT2D eigenvalue weighted by atomic mass is 32.1. The molecule has 1 atom stereocenters. The van der Waals surface area contributed by atoms with E-state index in [1.54, 1.807) is 17.5 Å². The van der Waals surface area contributed by atoms with Crippen molar-refractivity contribution in [3.8, 4) is 0 Å². The SMILES string of the molecule is CCn1nccc1C(Cc1csc(C)n1)NN. The maximum Gasteiger partial charge on any atom is 0.0897 e. The Balaban J connectivity index is 2.16. The molecular weight excluding hydrogens is 234 g/mol. The van der Waals surface area contributed by atoms with E-state index in [4.69, 9.17) is 5.84 Å². The Labute approximate surface area is 105 Å². The number of hydrazine groups is 1. The summed E-state index contributed by atoms with van der Waals surface area (Å²) in [6.07, 6.45) is 2.59. The highest BCUT2D eigenvalue weighted by Crippen LogP contribution is 2.18. The molecule has 0 amide bonds. The predicted octanol–water partition coefficient (Wildman–Crippen LogP) is 1.42. The number of hydrogen-bond donors (Lipinski definition) is 2. The van der Waals surface area contributed by atoms with Gasteiger partial charge in [-0.25, -0.2) is 4.98 Å².